The Morgan fingerprint density at radius 3 is 2.88 bits per heavy atom. The smallest absolute Gasteiger partial charge is 0.295 e. The molecular formula is C16H13N7O2S. The van der Waals surface area contributed by atoms with E-state index in [9.17, 15) is 4.79 Å². The second-order valence-electron chi connectivity index (χ2n) is 5.43. The molecule has 0 atom stereocenters. The van der Waals surface area contributed by atoms with E-state index in [1.54, 1.807) is 12.4 Å². The lowest BCUT2D eigenvalue weighted by molar-refractivity contribution is 0.102. The molecule has 0 saturated carbocycles. The van der Waals surface area contributed by atoms with Crippen molar-refractivity contribution in [3.8, 4) is 16.3 Å². The molecule has 0 fully saturated rings. The highest BCUT2D eigenvalue weighted by molar-refractivity contribution is 7.17. The minimum absolute atomic E-state index is 0.335. The number of amides is 1. The van der Waals surface area contributed by atoms with Crippen LogP contribution in [0.2, 0.25) is 0 Å². The molecule has 4 aromatic rings. The molecule has 1 amide bonds. The zero-order chi connectivity index (χ0) is 18.1. The molecule has 26 heavy (non-hydrogen) atoms. The Morgan fingerprint density at radius 1 is 1.19 bits per heavy atom. The first kappa shape index (κ1) is 16.1. The molecule has 0 aliphatic heterocycles. The van der Waals surface area contributed by atoms with Gasteiger partial charge in [-0.05, 0) is 36.0 Å². The Bertz CT molecular complexity index is 1100. The first-order valence-corrected chi connectivity index (χ1v) is 8.40. The zero-order valence-corrected chi connectivity index (χ0v) is 14.7. The highest BCUT2D eigenvalue weighted by Crippen LogP contribution is 2.28. The Morgan fingerprint density at radius 2 is 2.08 bits per heavy atom. The van der Waals surface area contributed by atoms with Gasteiger partial charge in [0, 0.05) is 29.0 Å². The lowest BCUT2D eigenvalue weighted by Crippen LogP contribution is -2.14. The van der Waals surface area contributed by atoms with E-state index in [1.807, 2.05) is 19.1 Å². The Labute approximate surface area is 151 Å². The summed E-state index contributed by atoms with van der Waals surface area (Å²) < 4.78 is 4.99. The Kier molecular flexibility index (Phi) is 4.01. The number of hydrogen-bond donors (Lipinski definition) is 2. The Balaban J connectivity index is 1.72. The van der Waals surface area contributed by atoms with Gasteiger partial charge in [-0.3, -0.25) is 20.2 Å². The molecule has 4 aromatic heterocycles. The molecule has 0 unspecified atom stereocenters. The number of aromatic amines is 1. The van der Waals surface area contributed by atoms with Gasteiger partial charge in [0.25, 0.3) is 11.1 Å². The van der Waals surface area contributed by atoms with Crippen LogP contribution in [0.1, 0.15) is 16.1 Å². The van der Waals surface area contributed by atoms with Crippen LogP contribution in [0.25, 0.3) is 22.2 Å². The van der Waals surface area contributed by atoms with Gasteiger partial charge in [-0.15, -0.1) is 5.10 Å². The molecule has 130 valence electrons. The highest BCUT2D eigenvalue weighted by atomic mass is 32.1. The standard InChI is InChI=1S/C16H13N7O2S/c1-8-3-11(9-4-10-6-19-21-13(10)18-5-9)12(7-17-8)14(24)20-15-22-23-16(25-2)26-15/h3-7H,1-2H3,(H,18,19,21)(H,20,22,24). The van der Waals surface area contributed by atoms with Gasteiger partial charge in [-0.1, -0.05) is 5.10 Å². The van der Waals surface area contributed by atoms with Crippen molar-refractivity contribution in [3.05, 3.63) is 42.0 Å². The third-order valence-corrected chi connectivity index (χ3v) is 4.49. The third kappa shape index (κ3) is 2.97. The fourth-order valence-corrected chi connectivity index (χ4v) is 3.03. The van der Waals surface area contributed by atoms with Gasteiger partial charge < -0.3 is 4.74 Å². The van der Waals surface area contributed by atoms with Crippen molar-refractivity contribution in [1.29, 1.82) is 0 Å². The number of carbonyl (C=O) groups excluding carboxylic acids is 1. The number of pyridine rings is 2. The van der Waals surface area contributed by atoms with E-state index < -0.39 is 0 Å². The number of fused-ring (bicyclic) bond motifs is 1. The van der Waals surface area contributed by atoms with Crippen LogP contribution in [-0.2, 0) is 0 Å². The van der Waals surface area contributed by atoms with Crippen molar-refractivity contribution in [2.24, 2.45) is 0 Å². The molecule has 0 spiro atoms. The maximum Gasteiger partial charge on any atom is 0.295 e. The van der Waals surface area contributed by atoms with E-state index in [-0.39, 0.29) is 5.91 Å². The number of nitrogens with one attached hydrogen (secondary N) is 2. The van der Waals surface area contributed by atoms with Crippen LogP contribution in [-0.4, -0.2) is 43.4 Å². The van der Waals surface area contributed by atoms with Crippen LogP contribution in [0.5, 0.6) is 5.19 Å². The molecule has 0 bridgehead atoms. The van der Waals surface area contributed by atoms with Crippen LogP contribution in [0, 0.1) is 6.92 Å². The summed E-state index contributed by atoms with van der Waals surface area (Å²) in [7, 11) is 1.49. The van der Waals surface area contributed by atoms with Crippen molar-refractivity contribution >= 4 is 33.4 Å². The minimum atomic E-state index is -0.335. The second-order valence-corrected chi connectivity index (χ2v) is 6.37. The number of hydrogen-bond acceptors (Lipinski definition) is 8. The van der Waals surface area contributed by atoms with Crippen molar-refractivity contribution in [3.63, 3.8) is 0 Å². The number of methoxy groups -OCH3 is 1. The molecule has 4 heterocycles. The number of carbonyl (C=O) groups is 1. The topological polar surface area (TPSA) is 119 Å². The van der Waals surface area contributed by atoms with E-state index >= 15 is 0 Å². The normalized spacial score (nSPS) is 10.8. The number of H-pyrrole nitrogens is 1. The molecule has 0 aliphatic carbocycles. The fourth-order valence-electron chi connectivity index (χ4n) is 2.47. The third-order valence-electron chi connectivity index (χ3n) is 3.69. The predicted octanol–water partition coefficient (Wildman–Crippen LogP) is 2.44. The summed E-state index contributed by atoms with van der Waals surface area (Å²) in [6.45, 7) is 1.87. The average Bonchev–Trinajstić information content (AvgIpc) is 3.29. The number of aryl methyl sites for hydroxylation is 1. The molecule has 0 aromatic carbocycles. The summed E-state index contributed by atoms with van der Waals surface area (Å²) in [4.78, 5) is 21.3. The molecular weight excluding hydrogens is 354 g/mol. The largest absolute Gasteiger partial charge is 0.472 e. The van der Waals surface area contributed by atoms with Gasteiger partial charge in [0.1, 0.15) is 0 Å². The first-order valence-electron chi connectivity index (χ1n) is 7.59. The van der Waals surface area contributed by atoms with Crippen LogP contribution in [0.4, 0.5) is 5.13 Å². The zero-order valence-electron chi connectivity index (χ0n) is 13.8. The van der Waals surface area contributed by atoms with E-state index in [1.165, 1.54) is 13.3 Å². The van der Waals surface area contributed by atoms with Gasteiger partial charge in [-0.2, -0.15) is 5.10 Å². The fraction of sp³-hybridized carbons (Fsp3) is 0.125. The van der Waals surface area contributed by atoms with Gasteiger partial charge in [0.15, 0.2) is 5.65 Å². The summed E-state index contributed by atoms with van der Waals surface area (Å²) in [6, 6.07) is 3.77. The SMILES string of the molecule is COc1nnc(NC(=O)c2cnc(C)cc2-c2cnc3[nH]ncc3c2)s1. The highest BCUT2D eigenvalue weighted by Gasteiger charge is 2.17. The van der Waals surface area contributed by atoms with Crippen LogP contribution in [0.15, 0.2) is 30.7 Å². The second kappa shape index (κ2) is 6.48. The molecule has 10 heteroatoms. The quantitative estimate of drug-likeness (QED) is 0.568. The van der Waals surface area contributed by atoms with E-state index in [0.717, 1.165) is 33.5 Å². The van der Waals surface area contributed by atoms with Crippen LogP contribution in [0.3, 0.4) is 0 Å². The Hall–Kier alpha value is -3.40. The summed E-state index contributed by atoms with van der Waals surface area (Å²) in [5, 5.41) is 18.8. The summed E-state index contributed by atoms with van der Waals surface area (Å²) in [5.41, 5.74) is 3.41. The van der Waals surface area contributed by atoms with Crippen molar-refractivity contribution in [2.45, 2.75) is 6.92 Å². The summed E-state index contributed by atoms with van der Waals surface area (Å²) in [5.74, 6) is -0.335. The monoisotopic (exact) mass is 367 g/mol. The minimum Gasteiger partial charge on any atom is -0.472 e. The van der Waals surface area contributed by atoms with Gasteiger partial charge in [0.2, 0.25) is 5.13 Å². The number of ether oxygens (including phenoxy) is 1. The summed E-state index contributed by atoms with van der Waals surface area (Å²) >= 11 is 1.14. The number of anilines is 1. The molecule has 4 rings (SSSR count). The average molecular weight is 367 g/mol. The van der Waals surface area contributed by atoms with Crippen molar-refractivity contribution < 1.29 is 9.53 Å². The molecule has 0 saturated heterocycles. The maximum absolute atomic E-state index is 12.7. The molecule has 9 nitrogen and oxygen atoms in total. The summed E-state index contributed by atoms with van der Waals surface area (Å²) in [6.07, 6.45) is 4.92. The number of aromatic nitrogens is 6. The van der Waals surface area contributed by atoms with E-state index in [2.05, 4.69) is 35.7 Å². The van der Waals surface area contributed by atoms with Gasteiger partial charge >= 0.3 is 0 Å². The van der Waals surface area contributed by atoms with Crippen LogP contribution < -0.4 is 10.1 Å². The lowest BCUT2D eigenvalue weighted by atomic mass is 10.0. The van der Waals surface area contributed by atoms with Gasteiger partial charge in [0.05, 0.1) is 18.9 Å². The van der Waals surface area contributed by atoms with Crippen molar-refractivity contribution in [1.82, 2.24) is 30.4 Å². The lowest BCUT2D eigenvalue weighted by Gasteiger charge is -2.09. The molecule has 0 radical (unpaired) electrons. The molecule has 0 aliphatic rings. The van der Waals surface area contributed by atoms with E-state index in [4.69, 9.17) is 4.74 Å². The maximum atomic E-state index is 12.7. The van der Waals surface area contributed by atoms with E-state index in [0.29, 0.717) is 21.5 Å². The van der Waals surface area contributed by atoms with Crippen LogP contribution >= 0.6 is 11.3 Å². The molecule has 2 N–H and O–H groups in total. The van der Waals surface area contributed by atoms with Crippen molar-refractivity contribution in [2.75, 3.05) is 12.4 Å². The number of nitrogens with zero attached hydrogens (tertiary/aromatic N) is 5. The van der Waals surface area contributed by atoms with Gasteiger partial charge in [-0.25, -0.2) is 4.98 Å². The number of rotatable bonds is 4. The first-order chi connectivity index (χ1) is 12.6. The predicted molar refractivity (Wildman–Crippen MR) is 96.3 cm³/mol.